The second-order valence-electron chi connectivity index (χ2n) is 8.79. The van der Waals surface area contributed by atoms with Crippen molar-refractivity contribution in [1.29, 1.82) is 0 Å². The average molecular weight is 343 g/mol. The van der Waals surface area contributed by atoms with Crippen LogP contribution >= 0.6 is 0 Å². The van der Waals surface area contributed by atoms with E-state index in [2.05, 4.69) is 6.08 Å². The highest BCUT2D eigenvalue weighted by Gasteiger charge is 2.35. The molecule has 4 nitrogen and oxygen atoms in total. The third kappa shape index (κ3) is 10.4. The van der Waals surface area contributed by atoms with E-state index in [1.54, 1.807) is 0 Å². The first-order valence-corrected chi connectivity index (χ1v) is 9.53. The van der Waals surface area contributed by atoms with Crippen LogP contribution in [0.15, 0.2) is 12.2 Å². The van der Waals surface area contributed by atoms with Gasteiger partial charge in [-0.25, -0.2) is 9.78 Å². The fraction of sp³-hybridized carbons (Fsp3) is 0.900. The van der Waals surface area contributed by atoms with Gasteiger partial charge in [0.05, 0.1) is 11.2 Å². The van der Waals surface area contributed by atoms with Crippen molar-refractivity contribution in [3.8, 4) is 0 Å². The fourth-order valence-corrected chi connectivity index (χ4v) is 2.41. The molecule has 0 radical (unpaired) electrons. The highest BCUT2D eigenvalue weighted by atomic mass is 17.3. The van der Waals surface area contributed by atoms with Crippen molar-refractivity contribution in [2.45, 2.75) is 116 Å². The second kappa shape index (κ2) is 9.91. The van der Waals surface area contributed by atoms with Crippen LogP contribution < -0.4 is 0 Å². The minimum atomic E-state index is -0.986. The number of hydrogen-bond acceptors (Lipinski definition) is 4. The van der Waals surface area contributed by atoms with Crippen molar-refractivity contribution in [2.24, 2.45) is 0 Å². The summed E-state index contributed by atoms with van der Waals surface area (Å²) in [6.07, 6.45) is 14.5. The van der Waals surface area contributed by atoms with Gasteiger partial charge in [0.25, 0.3) is 5.79 Å². The van der Waals surface area contributed by atoms with Crippen LogP contribution in [0.2, 0.25) is 0 Å². The molecule has 0 amide bonds. The van der Waals surface area contributed by atoms with Crippen LogP contribution in [0.25, 0.3) is 0 Å². The van der Waals surface area contributed by atoms with Gasteiger partial charge in [0.2, 0.25) is 0 Å². The molecule has 1 rings (SSSR count). The molecular weight excluding hydrogens is 304 g/mol. The van der Waals surface area contributed by atoms with E-state index in [0.717, 1.165) is 19.3 Å². The summed E-state index contributed by atoms with van der Waals surface area (Å²) in [6, 6.07) is 0. The smallest absolute Gasteiger partial charge is 0.228 e. The van der Waals surface area contributed by atoms with Crippen LogP contribution in [-0.4, -0.2) is 17.0 Å². The Morgan fingerprint density at radius 2 is 1.12 bits per heavy atom. The van der Waals surface area contributed by atoms with Crippen LogP contribution in [0.3, 0.4) is 0 Å². The lowest BCUT2D eigenvalue weighted by atomic mass is 10.0. The van der Waals surface area contributed by atoms with E-state index in [1.165, 1.54) is 38.5 Å². The summed E-state index contributed by atoms with van der Waals surface area (Å²) >= 11 is 0. The van der Waals surface area contributed by atoms with Gasteiger partial charge in [-0.2, -0.15) is 9.78 Å². The number of allylic oxidation sites excluding steroid dienone is 1. The third-order valence-electron chi connectivity index (χ3n) is 3.63. The molecule has 0 atom stereocenters. The van der Waals surface area contributed by atoms with Gasteiger partial charge in [-0.1, -0.05) is 38.2 Å². The molecule has 1 aliphatic rings. The van der Waals surface area contributed by atoms with E-state index >= 15 is 0 Å². The minimum absolute atomic E-state index is 0.407. The second-order valence-corrected chi connectivity index (χ2v) is 8.79. The van der Waals surface area contributed by atoms with Crippen molar-refractivity contribution in [1.82, 2.24) is 0 Å². The fourth-order valence-electron chi connectivity index (χ4n) is 2.41. The van der Waals surface area contributed by atoms with E-state index in [0.29, 0.717) is 0 Å². The molecule has 0 saturated heterocycles. The topological polar surface area (TPSA) is 36.9 Å². The monoisotopic (exact) mass is 342 g/mol. The van der Waals surface area contributed by atoms with Gasteiger partial charge in [0, 0.05) is 6.42 Å². The van der Waals surface area contributed by atoms with Crippen LogP contribution in [0, 0.1) is 0 Å². The highest BCUT2D eigenvalue weighted by Crippen LogP contribution is 2.29. The lowest BCUT2D eigenvalue weighted by Gasteiger charge is -2.33. The van der Waals surface area contributed by atoms with Gasteiger partial charge >= 0.3 is 0 Å². The summed E-state index contributed by atoms with van der Waals surface area (Å²) in [4.78, 5) is 22.8. The van der Waals surface area contributed by atoms with Crippen molar-refractivity contribution >= 4 is 0 Å². The van der Waals surface area contributed by atoms with E-state index in [-0.39, 0.29) is 0 Å². The predicted molar refractivity (Wildman–Crippen MR) is 97.3 cm³/mol. The van der Waals surface area contributed by atoms with Crippen LogP contribution in [-0.2, 0) is 19.6 Å². The van der Waals surface area contributed by atoms with Crippen LogP contribution in [0.1, 0.15) is 99.3 Å². The zero-order valence-corrected chi connectivity index (χ0v) is 16.7. The Kier molecular flexibility index (Phi) is 8.93. The molecule has 1 aliphatic carbocycles. The van der Waals surface area contributed by atoms with Gasteiger partial charge in [-0.3, -0.25) is 0 Å². The Labute approximate surface area is 148 Å². The van der Waals surface area contributed by atoms with E-state index < -0.39 is 17.0 Å². The van der Waals surface area contributed by atoms with Gasteiger partial charge < -0.3 is 0 Å². The summed E-state index contributed by atoms with van der Waals surface area (Å²) in [7, 11) is 0. The molecule has 24 heavy (non-hydrogen) atoms. The summed E-state index contributed by atoms with van der Waals surface area (Å²) in [6.45, 7) is 11.8. The maximum absolute atomic E-state index is 5.80. The summed E-state index contributed by atoms with van der Waals surface area (Å²) in [5, 5.41) is 0. The molecule has 4 heteroatoms. The van der Waals surface area contributed by atoms with Crippen molar-refractivity contribution in [3.05, 3.63) is 12.2 Å². The maximum Gasteiger partial charge on any atom is 0.252 e. The molecule has 0 aliphatic heterocycles. The summed E-state index contributed by atoms with van der Waals surface area (Å²) < 4.78 is 0. The van der Waals surface area contributed by atoms with Crippen LogP contribution in [0.5, 0.6) is 0 Å². The molecule has 0 spiro atoms. The largest absolute Gasteiger partial charge is 0.252 e. The maximum atomic E-state index is 5.80. The molecule has 0 fully saturated rings. The molecule has 142 valence electrons. The predicted octanol–water partition coefficient (Wildman–Crippen LogP) is 6.26. The van der Waals surface area contributed by atoms with Crippen molar-refractivity contribution in [2.75, 3.05) is 0 Å². The van der Waals surface area contributed by atoms with Crippen molar-refractivity contribution in [3.63, 3.8) is 0 Å². The first-order valence-electron chi connectivity index (χ1n) is 9.53. The Hall–Kier alpha value is -0.420. The van der Waals surface area contributed by atoms with E-state index in [9.17, 15) is 0 Å². The standard InChI is InChI=1S/C20H38O4/c1-18(2,3)21-23-20(24-22-19(4,5)6)16-14-12-10-8-7-9-11-13-15-17-20/h14,16H,7-13,15,17H2,1-6H3/b16-14-. The Morgan fingerprint density at radius 3 is 1.62 bits per heavy atom. The first-order chi connectivity index (χ1) is 11.1. The Bertz CT molecular complexity index is 345. The zero-order chi connectivity index (χ0) is 18.1. The average Bonchev–Trinajstić information content (AvgIpc) is 2.44. The van der Waals surface area contributed by atoms with Gasteiger partial charge in [-0.05, 0) is 66.9 Å². The third-order valence-corrected chi connectivity index (χ3v) is 3.63. The van der Waals surface area contributed by atoms with E-state index in [4.69, 9.17) is 19.6 Å². The number of hydrogen-bond donors (Lipinski definition) is 0. The molecule has 0 aromatic rings. The SMILES string of the molecule is CC(C)(C)OOC1(OOC(C)(C)C)/C=C\CCCCCCCCC1. The van der Waals surface area contributed by atoms with E-state index in [1.807, 2.05) is 47.6 Å². The summed E-state index contributed by atoms with van der Waals surface area (Å²) in [5.41, 5.74) is -0.814. The Morgan fingerprint density at radius 1 is 0.667 bits per heavy atom. The minimum Gasteiger partial charge on any atom is -0.228 e. The molecule has 0 aromatic carbocycles. The van der Waals surface area contributed by atoms with Crippen molar-refractivity contribution < 1.29 is 19.6 Å². The molecule has 0 N–H and O–H groups in total. The lowest BCUT2D eigenvalue weighted by Crippen LogP contribution is -2.39. The van der Waals surface area contributed by atoms with Gasteiger partial charge in [0.1, 0.15) is 0 Å². The lowest BCUT2D eigenvalue weighted by molar-refractivity contribution is -0.528. The first kappa shape index (κ1) is 21.6. The molecule has 0 aromatic heterocycles. The highest BCUT2D eigenvalue weighted by molar-refractivity contribution is 4.96. The summed E-state index contributed by atoms with van der Waals surface area (Å²) in [5.74, 6) is -0.986. The molecular formula is C20H38O4. The van der Waals surface area contributed by atoms with Crippen LogP contribution in [0.4, 0.5) is 0 Å². The molecule has 0 saturated carbocycles. The molecule has 0 unspecified atom stereocenters. The Balaban J connectivity index is 2.86. The van der Waals surface area contributed by atoms with Gasteiger partial charge in [0.15, 0.2) is 0 Å². The quantitative estimate of drug-likeness (QED) is 0.262. The molecule has 0 bridgehead atoms. The zero-order valence-electron chi connectivity index (χ0n) is 16.7. The number of rotatable bonds is 4. The van der Waals surface area contributed by atoms with Gasteiger partial charge in [-0.15, -0.1) is 0 Å². The molecule has 0 heterocycles. The normalized spacial score (nSPS) is 22.4.